The van der Waals surface area contributed by atoms with Crippen LogP contribution in [0.15, 0.2) is 45.9 Å². The van der Waals surface area contributed by atoms with Crippen molar-refractivity contribution in [2.45, 2.75) is 0 Å². The molecule has 1 aromatic carbocycles. The van der Waals surface area contributed by atoms with Gasteiger partial charge in [0.2, 0.25) is 0 Å². The minimum Gasteiger partial charge on any atom is -0.497 e. The molecule has 2 N–H and O–H groups in total. The quantitative estimate of drug-likeness (QED) is 0.378. The Bertz CT molecular complexity index is 696. The fourth-order valence-electron chi connectivity index (χ4n) is 1.50. The van der Waals surface area contributed by atoms with E-state index in [1.54, 1.807) is 31.4 Å². The second kappa shape index (κ2) is 7.18. The summed E-state index contributed by atoms with van der Waals surface area (Å²) in [5.74, 6) is 0.633. The number of rotatable bonds is 5. The number of ether oxygens (including phenoxy) is 1. The van der Waals surface area contributed by atoms with Crippen LogP contribution >= 0.6 is 12.2 Å². The van der Waals surface area contributed by atoms with Gasteiger partial charge in [-0.3, -0.25) is 15.5 Å². The van der Waals surface area contributed by atoms with Crippen LogP contribution in [0.1, 0.15) is 5.76 Å². The monoisotopic (exact) mass is 320 g/mol. The smallest absolute Gasteiger partial charge is 0.433 e. The molecule has 0 radical (unpaired) electrons. The Balaban J connectivity index is 1.85. The van der Waals surface area contributed by atoms with Gasteiger partial charge < -0.3 is 14.5 Å². The molecule has 2 rings (SSSR count). The first-order valence-corrected chi connectivity index (χ1v) is 6.47. The highest BCUT2D eigenvalue weighted by Gasteiger charge is 2.10. The Hall–Kier alpha value is -2.94. The van der Waals surface area contributed by atoms with Gasteiger partial charge in [-0.25, -0.2) is 0 Å². The topological polar surface area (TPSA) is 102 Å². The van der Waals surface area contributed by atoms with Crippen LogP contribution in [0.5, 0.6) is 5.75 Å². The molecule has 9 heteroatoms. The van der Waals surface area contributed by atoms with E-state index in [0.29, 0.717) is 0 Å². The van der Waals surface area contributed by atoms with E-state index in [4.69, 9.17) is 21.4 Å². The fraction of sp³-hybridized carbons (Fsp3) is 0.0769. The first kappa shape index (κ1) is 15.4. The molecule has 1 heterocycles. The summed E-state index contributed by atoms with van der Waals surface area (Å²) in [5.41, 5.74) is 3.34. The van der Waals surface area contributed by atoms with Gasteiger partial charge >= 0.3 is 5.88 Å². The maximum atomic E-state index is 10.5. The number of hydrogen-bond acceptors (Lipinski definition) is 6. The number of hydrazone groups is 1. The minimum absolute atomic E-state index is 0.242. The predicted molar refractivity (Wildman–Crippen MR) is 85.3 cm³/mol. The van der Waals surface area contributed by atoms with Crippen molar-refractivity contribution in [1.82, 2.24) is 5.43 Å². The van der Waals surface area contributed by atoms with Gasteiger partial charge in [-0.2, -0.15) is 5.10 Å². The Kier molecular flexibility index (Phi) is 5.04. The van der Waals surface area contributed by atoms with Gasteiger partial charge in [-0.05, 0) is 42.5 Å². The van der Waals surface area contributed by atoms with Gasteiger partial charge in [0.1, 0.15) is 10.7 Å². The van der Waals surface area contributed by atoms with Gasteiger partial charge in [0.05, 0.1) is 19.4 Å². The van der Waals surface area contributed by atoms with Crippen LogP contribution < -0.4 is 15.5 Å². The zero-order chi connectivity index (χ0) is 15.9. The number of benzene rings is 1. The van der Waals surface area contributed by atoms with Crippen molar-refractivity contribution in [3.05, 3.63) is 52.3 Å². The highest BCUT2D eigenvalue weighted by Crippen LogP contribution is 2.15. The lowest BCUT2D eigenvalue weighted by Gasteiger charge is -2.07. The molecule has 0 atom stereocenters. The van der Waals surface area contributed by atoms with Crippen molar-refractivity contribution in [2.75, 3.05) is 12.4 Å². The van der Waals surface area contributed by atoms with Crippen LogP contribution in [0.2, 0.25) is 0 Å². The summed E-state index contributed by atoms with van der Waals surface area (Å²) in [6, 6.07) is 9.85. The molecular weight excluding hydrogens is 308 g/mol. The third-order valence-corrected chi connectivity index (χ3v) is 2.69. The van der Waals surface area contributed by atoms with Gasteiger partial charge in [0.15, 0.2) is 10.9 Å². The number of nitrogens with zero attached hydrogens (tertiary/aromatic N) is 2. The van der Waals surface area contributed by atoms with Crippen molar-refractivity contribution in [1.29, 1.82) is 0 Å². The molecule has 114 valence electrons. The zero-order valence-electron chi connectivity index (χ0n) is 11.5. The second-order valence-electron chi connectivity index (χ2n) is 3.99. The SMILES string of the molecule is COc1ccc(NC(=S)N/N=C\c2ccc([N+](=O)[O-])o2)cc1. The maximum absolute atomic E-state index is 10.5. The molecule has 0 unspecified atom stereocenters. The molecule has 0 bridgehead atoms. The van der Waals surface area contributed by atoms with Crippen LogP contribution in [0.4, 0.5) is 11.6 Å². The van der Waals surface area contributed by atoms with Crippen LogP contribution in [0.25, 0.3) is 0 Å². The summed E-state index contributed by atoms with van der Waals surface area (Å²) >= 11 is 5.05. The van der Waals surface area contributed by atoms with E-state index < -0.39 is 4.92 Å². The number of methoxy groups -OCH3 is 1. The molecule has 0 saturated heterocycles. The van der Waals surface area contributed by atoms with Crippen molar-refractivity contribution in [3.63, 3.8) is 0 Å². The predicted octanol–water partition coefficient (Wildman–Crippen LogP) is 2.52. The number of nitrogens with one attached hydrogen (secondary N) is 2. The van der Waals surface area contributed by atoms with Gasteiger partial charge in [0, 0.05) is 5.69 Å². The number of nitro groups is 1. The molecule has 0 saturated carbocycles. The third kappa shape index (κ3) is 4.28. The summed E-state index contributed by atoms with van der Waals surface area (Å²) in [4.78, 5) is 9.83. The molecule has 2 aromatic rings. The number of anilines is 1. The third-order valence-electron chi connectivity index (χ3n) is 2.50. The van der Waals surface area contributed by atoms with E-state index in [2.05, 4.69) is 15.8 Å². The molecule has 1 aromatic heterocycles. The zero-order valence-corrected chi connectivity index (χ0v) is 12.3. The molecule has 0 amide bonds. The number of hydrogen-bond donors (Lipinski definition) is 2. The summed E-state index contributed by atoms with van der Waals surface area (Å²) in [6.45, 7) is 0. The average Bonchev–Trinajstić information content (AvgIpc) is 2.97. The lowest BCUT2D eigenvalue weighted by Crippen LogP contribution is -2.23. The van der Waals surface area contributed by atoms with Gasteiger partial charge in [0.25, 0.3) is 0 Å². The second-order valence-corrected chi connectivity index (χ2v) is 4.39. The number of furan rings is 1. The van der Waals surface area contributed by atoms with Crippen LogP contribution in [0.3, 0.4) is 0 Å². The van der Waals surface area contributed by atoms with Crippen molar-refractivity contribution < 1.29 is 14.1 Å². The van der Waals surface area contributed by atoms with E-state index in [-0.39, 0.29) is 16.8 Å². The minimum atomic E-state index is -0.624. The van der Waals surface area contributed by atoms with Crippen molar-refractivity contribution in [3.8, 4) is 5.75 Å². The molecular formula is C13H12N4O4S. The van der Waals surface area contributed by atoms with Gasteiger partial charge in [-0.15, -0.1) is 0 Å². The standard InChI is InChI=1S/C13H12N4O4S/c1-20-10-4-2-9(3-5-10)15-13(22)16-14-8-11-6-7-12(21-11)17(18)19/h2-8H,1H3,(H2,15,16,22)/b14-8-. The molecule has 22 heavy (non-hydrogen) atoms. The van der Waals surface area contributed by atoms with Crippen molar-refractivity contribution in [2.24, 2.45) is 5.10 Å². The normalized spacial score (nSPS) is 10.4. The van der Waals surface area contributed by atoms with Crippen LogP contribution in [-0.4, -0.2) is 23.4 Å². The molecule has 0 aliphatic heterocycles. The largest absolute Gasteiger partial charge is 0.497 e. The lowest BCUT2D eigenvalue weighted by atomic mass is 10.3. The fourth-order valence-corrected chi connectivity index (χ4v) is 1.67. The summed E-state index contributed by atoms with van der Waals surface area (Å²) in [6.07, 6.45) is 1.29. The van der Waals surface area contributed by atoms with E-state index in [1.807, 2.05) is 0 Å². The van der Waals surface area contributed by atoms with E-state index in [0.717, 1.165) is 11.4 Å². The lowest BCUT2D eigenvalue weighted by molar-refractivity contribution is -0.402. The molecule has 0 spiro atoms. The Labute approximate surface area is 130 Å². The highest BCUT2D eigenvalue weighted by atomic mass is 32.1. The first-order chi connectivity index (χ1) is 10.6. The van der Waals surface area contributed by atoms with Gasteiger partial charge in [-0.1, -0.05) is 0 Å². The summed E-state index contributed by atoms with van der Waals surface area (Å²) in [5, 5.41) is 17.5. The highest BCUT2D eigenvalue weighted by molar-refractivity contribution is 7.80. The maximum Gasteiger partial charge on any atom is 0.433 e. The Morgan fingerprint density at radius 3 is 2.68 bits per heavy atom. The molecule has 8 nitrogen and oxygen atoms in total. The van der Waals surface area contributed by atoms with E-state index in [9.17, 15) is 10.1 Å². The number of thiocarbonyl (C=S) groups is 1. The van der Waals surface area contributed by atoms with E-state index >= 15 is 0 Å². The van der Waals surface area contributed by atoms with Crippen molar-refractivity contribution >= 4 is 35.1 Å². The molecule has 0 fully saturated rings. The Morgan fingerprint density at radius 2 is 2.09 bits per heavy atom. The summed E-state index contributed by atoms with van der Waals surface area (Å²) in [7, 11) is 1.59. The summed E-state index contributed by atoms with van der Waals surface area (Å²) < 4.78 is 9.95. The average molecular weight is 320 g/mol. The Morgan fingerprint density at radius 1 is 1.36 bits per heavy atom. The molecule has 0 aliphatic rings. The molecule has 0 aliphatic carbocycles. The first-order valence-electron chi connectivity index (χ1n) is 6.07. The van der Waals surface area contributed by atoms with Crippen LogP contribution in [-0.2, 0) is 0 Å². The van der Waals surface area contributed by atoms with Crippen LogP contribution in [0, 0.1) is 10.1 Å². The van der Waals surface area contributed by atoms with E-state index in [1.165, 1.54) is 18.3 Å².